The van der Waals surface area contributed by atoms with Crippen LogP contribution in [0.2, 0.25) is 0 Å². The number of halogens is 6. The van der Waals surface area contributed by atoms with E-state index in [0.29, 0.717) is 6.92 Å². The maximum absolute atomic E-state index is 16.3. The molecule has 0 aromatic rings. The Kier molecular flexibility index (Phi) is 5.03. The van der Waals surface area contributed by atoms with Gasteiger partial charge >= 0.3 is 12.3 Å². The van der Waals surface area contributed by atoms with Crippen molar-refractivity contribution in [2.75, 3.05) is 0 Å². The van der Waals surface area contributed by atoms with Crippen LogP contribution < -0.4 is 0 Å². The lowest BCUT2D eigenvalue weighted by molar-refractivity contribution is -0.292. The van der Waals surface area contributed by atoms with Gasteiger partial charge in [-0.25, -0.2) is 18.0 Å². The summed E-state index contributed by atoms with van der Waals surface area (Å²) in [6.45, 7) is 8.81. The van der Waals surface area contributed by atoms with E-state index in [1.54, 1.807) is 0 Å². The third-order valence-corrected chi connectivity index (χ3v) is 9.09. The maximum atomic E-state index is 16.3. The van der Waals surface area contributed by atoms with Gasteiger partial charge in [0.05, 0.1) is 0 Å². The maximum Gasteiger partial charge on any atom is 0.509 e. The van der Waals surface area contributed by atoms with Crippen LogP contribution in [0, 0.1) is 47.3 Å². The van der Waals surface area contributed by atoms with Crippen molar-refractivity contribution in [1.82, 2.24) is 0 Å². The molecule has 0 N–H and O–H groups in total. The van der Waals surface area contributed by atoms with E-state index >= 15 is 13.2 Å². The fourth-order valence-electron chi connectivity index (χ4n) is 7.66. The Morgan fingerprint density at radius 1 is 0.875 bits per heavy atom. The van der Waals surface area contributed by atoms with Crippen LogP contribution in [-0.2, 0) is 9.47 Å². The number of carbonyl (C=O) groups excluding carboxylic acids is 1. The van der Waals surface area contributed by atoms with Gasteiger partial charge in [0.25, 0.3) is 5.92 Å². The van der Waals surface area contributed by atoms with Gasteiger partial charge in [-0.3, -0.25) is 0 Å². The molecule has 0 aliphatic heterocycles. The molecule has 3 nitrogen and oxygen atoms in total. The highest BCUT2D eigenvalue weighted by Crippen LogP contribution is 2.77. The standard InChI is InChI=1S/C23H32F6O3/c1-10-11(2)13-7-12(10)16-14-8-15(17(13)16)22(25,26)21(14,24)9-20(6,23(27,28)29)32-18(30)31-19(3,4)5/h10-17H,7-9H2,1-6H3. The molecule has 0 aromatic heterocycles. The summed E-state index contributed by atoms with van der Waals surface area (Å²) in [5.74, 6) is -6.48. The van der Waals surface area contributed by atoms with Crippen LogP contribution in [0.3, 0.4) is 0 Å². The van der Waals surface area contributed by atoms with Crippen LogP contribution in [-0.4, -0.2) is 35.1 Å². The van der Waals surface area contributed by atoms with Gasteiger partial charge in [0.15, 0.2) is 5.67 Å². The summed E-state index contributed by atoms with van der Waals surface area (Å²) in [5, 5.41) is 0. The van der Waals surface area contributed by atoms with Crippen molar-refractivity contribution in [3.63, 3.8) is 0 Å². The second-order valence-electron chi connectivity index (χ2n) is 11.8. The van der Waals surface area contributed by atoms with Gasteiger partial charge < -0.3 is 9.47 Å². The minimum absolute atomic E-state index is 0.0464. The number of carbonyl (C=O) groups is 1. The molecule has 10 atom stereocenters. The SMILES string of the molecule is CC1C(C)C2CC1C1C2C2CC1C(F)(F)C2(F)CC(C)(OC(=O)OC(C)(C)C)C(F)(F)F. The molecular weight excluding hydrogens is 438 g/mol. The molecule has 4 fully saturated rings. The van der Waals surface area contributed by atoms with Crippen LogP contribution in [0.5, 0.6) is 0 Å². The average Bonchev–Trinajstić information content (AvgIpc) is 3.25. The molecule has 0 amide bonds. The number of hydrogen-bond acceptors (Lipinski definition) is 3. The summed E-state index contributed by atoms with van der Waals surface area (Å²) in [6.07, 6.45) is -7.93. The highest BCUT2D eigenvalue weighted by atomic mass is 19.4. The lowest BCUT2D eigenvalue weighted by Crippen LogP contribution is -2.62. The quantitative estimate of drug-likeness (QED) is 0.259. The summed E-state index contributed by atoms with van der Waals surface area (Å²) in [6, 6.07) is 0. The third kappa shape index (κ3) is 3.11. The highest BCUT2D eigenvalue weighted by molar-refractivity contribution is 5.61. The second kappa shape index (κ2) is 6.71. The second-order valence-corrected chi connectivity index (χ2v) is 11.8. The highest BCUT2D eigenvalue weighted by Gasteiger charge is 2.82. The van der Waals surface area contributed by atoms with E-state index in [9.17, 15) is 18.0 Å². The predicted molar refractivity (Wildman–Crippen MR) is 104 cm³/mol. The molecular formula is C23H32F6O3. The number of fused-ring (bicyclic) bond motifs is 9. The molecule has 0 saturated heterocycles. The average molecular weight is 470 g/mol. The van der Waals surface area contributed by atoms with Crippen LogP contribution in [0.1, 0.15) is 60.8 Å². The van der Waals surface area contributed by atoms with Crippen LogP contribution in [0.4, 0.5) is 31.1 Å². The topological polar surface area (TPSA) is 35.5 Å². The zero-order chi connectivity index (χ0) is 24.2. The molecule has 4 saturated carbocycles. The van der Waals surface area contributed by atoms with Gasteiger partial charge in [-0.15, -0.1) is 0 Å². The number of alkyl halides is 6. The fourth-order valence-corrected chi connectivity index (χ4v) is 7.66. The first-order valence-corrected chi connectivity index (χ1v) is 11.4. The van der Waals surface area contributed by atoms with E-state index in [0.717, 1.165) is 6.42 Å². The first-order chi connectivity index (χ1) is 14.3. The van der Waals surface area contributed by atoms with E-state index in [4.69, 9.17) is 4.74 Å². The Morgan fingerprint density at radius 3 is 1.84 bits per heavy atom. The number of ether oxygens (including phenoxy) is 2. The smallest absolute Gasteiger partial charge is 0.429 e. The molecule has 0 spiro atoms. The van der Waals surface area contributed by atoms with Gasteiger partial charge in [-0.1, -0.05) is 13.8 Å². The summed E-state index contributed by atoms with van der Waals surface area (Å²) in [4.78, 5) is 12.0. The van der Waals surface area contributed by atoms with E-state index in [1.165, 1.54) is 20.8 Å². The Bertz CT molecular complexity index is 792. The molecule has 0 aromatic carbocycles. The Balaban J connectivity index is 1.65. The molecule has 4 aliphatic rings. The monoisotopic (exact) mass is 470 g/mol. The van der Waals surface area contributed by atoms with E-state index in [-0.39, 0.29) is 41.9 Å². The molecule has 4 rings (SSSR count). The Labute approximate surface area is 184 Å². The summed E-state index contributed by atoms with van der Waals surface area (Å²) in [5.41, 5.74) is -8.00. The summed E-state index contributed by atoms with van der Waals surface area (Å²) in [7, 11) is 0. The first-order valence-electron chi connectivity index (χ1n) is 11.4. The van der Waals surface area contributed by atoms with Gasteiger partial charge in [0.1, 0.15) is 5.60 Å². The number of hydrogen-bond donors (Lipinski definition) is 0. The Morgan fingerprint density at radius 2 is 1.38 bits per heavy atom. The van der Waals surface area contributed by atoms with Crippen molar-refractivity contribution >= 4 is 6.16 Å². The van der Waals surface area contributed by atoms with Gasteiger partial charge in [0, 0.05) is 18.3 Å². The minimum Gasteiger partial charge on any atom is -0.429 e. The third-order valence-electron chi connectivity index (χ3n) is 9.09. The molecule has 0 radical (unpaired) electrons. The molecule has 10 unspecified atom stereocenters. The van der Waals surface area contributed by atoms with E-state index < -0.39 is 53.4 Å². The van der Waals surface area contributed by atoms with Gasteiger partial charge in [0.2, 0.25) is 5.60 Å². The summed E-state index contributed by atoms with van der Waals surface area (Å²) < 4.78 is 98.6. The van der Waals surface area contributed by atoms with Crippen molar-refractivity contribution in [2.45, 2.75) is 89.8 Å². The van der Waals surface area contributed by atoms with E-state index in [2.05, 4.69) is 4.74 Å². The largest absolute Gasteiger partial charge is 0.509 e. The van der Waals surface area contributed by atoms with Crippen LogP contribution >= 0.6 is 0 Å². The van der Waals surface area contributed by atoms with Gasteiger partial charge in [-0.05, 0) is 76.0 Å². The van der Waals surface area contributed by atoms with Crippen molar-refractivity contribution in [3.8, 4) is 0 Å². The lowest BCUT2D eigenvalue weighted by Gasteiger charge is -2.50. The van der Waals surface area contributed by atoms with E-state index in [1.807, 2.05) is 13.8 Å². The van der Waals surface area contributed by atoms with Crippen molar-refractivity contribution < 1.29 is 40.6 Å². The first kappa shape index (κ1) is 24.0. The van der Waals surface area contributed by atoms with Crippen molar-refractivity contribution in [1.29, 1.82) is 0 Å². The number of rotatable bonds is 3. The Hall–Kier alpha value is -1.15. The van der Waals surface area contributed by atoms with Gasteiger partial charge in [-0.2, -0.15) is 13.2 Å². The minimum atomic E-state index is -5.25. The molecule has 184 valence electrons. The zero-order valence-electron chi connectivity index (χ0n) is 19.2. The molecule has 32 heavy (non-hydrogen) atoms. The molecule has 9 heteroatoms. The normalized spacial score (nSPS) is 46.1. The lowest BCUT2D eigenvalue weighted by atomic mass is 9.59. The molecule has 0 heterocycles. The van der Waals surface area contributed by atoms with Crippen molar-refractivity contribution in [3.05, 3.63) is 0 Å². The van der Waals surface area contributed by atoms with Crippen molar-refractivity contribution in [2.24, 2.45) is 47.3 Å². The fraction of sp³-hybridized carbons (Fsp3) is 0.957. The summed E-state index contributed by atoms with van der Waals surface area (Å²) >= 11 is 0. The van der Waals surface area contributed by atoms with Crippen LogP contribution in [0.15, 0.2) is 0 Å². The molecule has 4 aliphatic carbocycles. The predicted octanol–water partition coefficient (Wildman–Crippen LogP) is 6.80. The van der Waals surface area contributed by atoms with Crippen LogP contribution in [0.25, 0.3) is 0 Å². The zero-order valence-corrected chi connectivity index (χ0v) is 19.2. The molecule has 4 bridgehead atoms.